The smallest absolute Gasteiger partial charge is 0.303 e. The van der Waals surface area contributed by atoms with Gasteiger partial charge in [-0.2, -0.15) is 0 Å². The van der Waals surface area contributed by atoms with Crippen molar-refractivity contribution in [3.63, 3.8) is 0 Å². The van der Waals surface area contributed by atoms with Crippen LogP contribution in [-0.4, -0.2) is 31.3 Å². The van der Waals surface area contributed by atoms with Crippen LogP contribution in [0.25, 0.3) is 0 Å². The van der Waals surface area contributed by atoms with Crippen LogP contribution in [0, 0.1) is 0 Å². The first-order chi connectivity index (χ1) is 10.9. The van der Waals surface area contributed by atoms with Crippen LogP contribution in [0.2, 0.25) is 18.1 Å². The Labute approximate surface area is 154 Å². The molecule has 24 heavy (non-hydrogen) atoms. The van der Waals surface area contributed by atoms with E-state index in [9.17, 15) is 9.59 Å². The number of hydrogen-bond donors (Lipinski definition) is 1. The molecule has 0 spiro atoms. The van der Waals surface area contributed by atoms with E-state index >= 15 is 0 Å². The Hall–Kier alpha value is -0.723. The van der Waals surface area contributed by atoms with Crippen molar-refractivity contribution >= 4 is 36.0 Å². The maximum absolute atomic E-state index is 12.2. The van der Waals surface area contributed by atoms with Crippen molar-refractivity contribution in [2.75, 3.05) is 0 Å². The number of halogens is 1. The van der Waals surface area contributed by atoms with Crippen molar-refractivity contribution in [3.05, 3.63) is 22.2 Å². The van der Waals surface area contributed by atoms with Crippen molar-refractivity contribution < 1.29 is 19.1 Å². The van der Waals surface area contributed by atoms with Crippen molar-refractivity contribution in [2.45, 2.75) is 77.1 Å². The second kappa shape index (κ2) is 8.58. The summed E-state index contributed by atoms with van der Waals surface area (Å²) in [5.41, 5.74) is 0.792. The van der Waals surface area contributed by atoms with Crippen molar-refractivity contribution in [1.82, 2.24) is 0 Å². The number of carbonyl (C=O) groups excluding carboxylic acids is 1. The SMILES string of the molecule is CC(C)(C)[Si](C)(C)OC1C=C(CC(Br)=CCCCC(=O)O)C(=O)C1. The van der Waals surface area contributed by atoms with Crippen LogP contribution in [-0.2, 0) is 14.0 Å². The molecule has 0 heterocycles. The van der Waals surface area contributed by atoms with Crippen LogP contribution in [0.5, 0.6) is 0 Å². The van der Waals surface area contributed by atoms with E-state index in [1.807, 2.05) is 12.2 Å². The molecule has 1 rings (SSSR count). The molecule has 0 saturated heterocycles. The molecule has 1 aliphatic carbocycles. The fraction of sp³-hybridized carbons (Fsp3) is 0.667. The Balaban J connectivity index is 2.61. The van der Waals surface area contributed by atoms with Gasteiger partial charge in [-0.05, 0) is 47.1 Å². The molecule has 136 valence electrons. The molecular formula is C18H29BrO4Si. The van der Waals surface area contributed by atoms with E-state index in [0.29, 0.717) is 25.7 Å². The Kier molecular flexibility index (Phi) is 7.63. The highest BCUT2D eigenvalue weighted by molar-refractivity contribution is 9.11. The van der Waals surface area contributed by atoms with Gasteiger partial charge in [-0.15, -0.1) is 0 Å². The zero-order valence-electron chi connectivity index (χ0n) is 15.3. The Bertz CT molecular complexity index is 544. The lowest BCUT2D eigenvalue weighted by molar-refractivity contribution is -0.137. The molecule has 0 amide bonds. The number of ketones is 1. The minimum atomic E-state index is -1.88. The molecule has 1 unspecified atom stereocenters. The third-order valence-corrected chi connectivity index (χ3v) is 9.81. The first-order valence-electron chi connectivity index (χ1n) is 8.40. The highest BCUT2D eigenvalue weighted by Gasteiger charge is 2.40. The summed E-state index contributed by atoms with van der Waals surface area (Å²) in [5.74, 6) is -0.631. The van der Waals surface area contributed by atoms with E-state index in [2.05, 4.69) is 49.8 Å². The molecule has 0 radical (unpaired) electrons. The highest BCUT2D eigenvalue weighted by Crippen LogP contribution is 2.39. The van der Waals surface area contributed by atoms with Crippen LogP contribution >= 0.6 is 15.9 Å². The summed E-state index contributed by atoms with van der Waals surface area (Å²) >= 11 is 3.48. The van der Waals surface area contributed by atoms with E-state index < -0.39 is 14.3 Å². The molecule has 0 aliphatic heterocycles. The summed E-state index contributed by atoms with van der Waals surface area (Å²) in [6.45, 7) is 11.0. The van der Waals surface area contributed by atoms with E-state index in [-0.39, 0.29) is 23.3 Å². The molecule has 0 aromatic rings. The fourth-order valence-corrected chi connectivity index (χ4v) is 4.04. The quantitative estimate of drug-likeness (QED) is 0.436. The number of aliphatic carboxylic acids is 1. The highest BCUT2D eigenvalue weighted by atomic mass is 79.9. The van der Waals surface area contributed by atoms with E-state index in [0.717, 1.165) is 10.1 Å². The van der Waals surface area contributed by atoms with Crippen molar-refractivity contribution in [2.24, 2.45) is 0 Å². The molecule has 6 heteroatoms. The summed E-state index contributed by atoms with van der Waals surface area (Å²) in [6.07, 6.45) is 6.27. The van der Waals surface area contributed by atoms with Crippen molar-refractivity contribution in [1.29, 1.82) is 0 Å². The summed E-state index contributed by atoms with van der Waals surface area (Å²) in [4.78, 5) is 22.7. The molecule has 0 aromatic carbocycles. The molecule has 1 N–H and O–H groups in total. The first kappa shape index (κ1) is 21.3. The maximum Gasteiger partial charge on any atom is 0.303 e. The van der Waals surface area contributed by atoms with Gasteiger partial charge < -0.3 is 9.53 Å². The molecule has 1 atom stereocenters. The first-order valence-corrected chi connectivity index (χ1v) is 12.1. The Morgan fingerprint density at radius 2 is 2.08 bits per heavy atom. The van der Waals surface area contributed by atoms with Crippen LogP contribution in [0.3, 0.4) is 0 Å². The average Bonchev–Trinajstić information content (AvgIpc) is 2.72. The molecule has 0 fully saturated rings. The maximum atomic E-state index is 12.2. The predicted octanol–water partition coefficient (Wildman–Crippen LogP) is 5.20. The Morgan fingerprint density at radius 3 is 2.62 bits per heavy atom. The molecule has 1 aliphatic rings. The van der Waals surface area contributed by atoms with Gasteiger partial charge in [0.15, 0.2) is 14.1 Å². The third-order valence-electron chi connectivity index (χ3n) is 4.70. The number of carboxylic acids is 1. The minimum absolute atomic E-state index is 0.110. The lowest BCUT2D eigenvalue weighted by atomic mass is 10.1. The van der Waals surface area contributed by atoms with Crippen LogP contribution in [0.4, 0.5) is 0 Å². The van der Waals surface area contributed by atoms with Gasteiger partial charge in [-0.3, -0.25) is 9.59 Å². The number of Topliss-reactive ketones (excluding diaryl/α,β-unsaturated/α-hetero) is 1. The Morgan fingerprint density at radius 1 is 1.46 bits per heavy atom. The summed E-state index contributed by atoms with van der Waals surface area (Å²) in [5, 5.41) is 8.75. The number of hydrogen-bond acceptors (Lipinski definition) is 3. The normalized spacial score (nSPS) is 19.6. The summed E-state index contributed by atoms with van der Waals surface area (Å²) < 4.78 is 7.24. The van der Waals surface area contributed by atoms with Crippen LogP contribution in [0.15, 0.2) is 22.2 Å². The zero-order chi connectivity index (χ0) is 18.5. The standard InChI is InChI=1S/C18H29BrO4Si/c1-18(2,3)24(4,5)23-15-11-13(16(20)12-15)10-14(19)8-6-7-9-17(21)22/h8,11,15H,6-7,9-10,12H2,1-5H3,(H,21,22). The predicted molar refractivity (Wildman–Crippen MR) is 103 cm³/mol. The van der Waals surface area contributed by atoms with Crippen LogP contribution in [0.1, 0.15) is 52.9 Å². The van der Waals surface area contributed by atoms with E-state index in [1.165, 1.54) is 0 Å². The second-order valence-corrected chi connectivity index (χ2v) is 13.6. The number of allylic oxidation sites excluding steroid dienone is 3. The number of unbranched alkanes of at least 4 members (excludes halogenated alkanes) is 1. The van der Waals surface area contributed by atoms with Gasteiger partial charge in [-0.1, -0.05) is 42.8 Å². The number of carboxylic acid groups (broad SMARTS) is 1. The monoisotopic (exact) mass is 416 g/mol. The van der Waals surface area contributed by atoms with E-state index in [1.54, 1.807) is 0 Å². The van der Waals surface area contributed by atoms with Gasteiger partial charge in [0.1, 0.15) is 0 Å². The lowest BCUT2D eigenvalue weighted by Crippen LogP contribution is -2.43. The fourth-order valence-electron chi connectivity index (χ4n) is 2.24. The molecule has 0 bridgehead atoms. The minimum Gasteiger partial charge on any atom is -0.481 e. The van der Waals surface area contributed by atoms with Gasteiger partial charge >= 0.3 is 5.97 Å². The average molecular weight is 417 g/mol. The second-order valence-electron chi connectivity index (χ2n) is 7.85. The third kappa shape index (κ3) is 6.65. The van der Waals surface area contributed by atoms with Gasteiger partial charge in [0.2, 0.25) is 0 Å². The molecule has 4 nitrogen and oxygen atoms in total. The van der Waals surface area contributed by atoms with Crippen molar-refractivity contribution in [3.8, 4) is 0 Å². The van der Waals surface area contributed by atoms with Gasteiger partial charge in [0, 0.05) is 19.3 Å². The lowest BCUT2D eigenvalue weighted by Gasteiger charge is -2.37. The van der Waals surface area contributed by atoms with Gasteiger partial charge in [-0.25, -0.2) is 0 Å². The number of rotatable bonds is 8. The summed E-state index contributed by atoms with van der Waals surface area (Å²) in [6, 6.07) is 0. The zero-order valence-corrected chi connectivity index (χ0v) is 17.9. The molecule has 0 aromatic heterocycles. The van der Waals surface area contributed by atoms with Gasteiger partial charge in [0.05, 0.1) is 6.10 Å². The summed E-state index contributed by atoms with van der Waals surface area (Å²) in [7, 11) is -1.88. The topological polar surface area (TPSA) is 63.6 Å². The number of carbonyl (C=O) groups is 2. The van der Waals surface area contributed by atoms with E-state index in [4.69, 9.17) is 9.53 Å². The molecular weight excluding hydrogens is 388 g/mol. The molecule has 0 saturated carbocycles. The van der Waals surface area contributed by atoms with Crippen LogP contribution < -0.4 is 0 Å². The van der Waals surface area contributed by atoms with Gasteiger partial charge in [0.25, 0.3) is 0 Å². The largest absolute Gasteiger partial charge is 0.481 e.